The van der Waals surface area contributed by atoms with E-state index in [1.165, 1.54) is 12.8 Å². The third kappa shape index (κ3) is 8.45. The van der Waals surface area contributed by atoms with Gasteiger partial charge in [-0.2, -0.15) is 5.10 Å². The van der Waals surface area contributed by atoms with Gasteiger partial charge in [0.2, 0.25) is 0 Å². The van der Waals surface area contributed by atoms with E-state index in [0.29, 0.717) is 6.42 Å². The van der Waals surface area contributed by atoms with Crippen molar-refractivity contribution >= 4 is 5.97 Å². The third-order valence-electron chi connectivity index (χ3n) is 2.59. The van der Waals surface area contributed by atoms with Crippen molar-refractivity contribution in [3.05, 3.63) is 18.5 Å². The second-order valence-corrected chi connectivity index (χ2v) is 4.03. The molecule has 1 aromatic heterocycles. The number of rotatable bonds is 9. The maximum atomic E-state index is 10.3. The molecule has 0 bridgehead atoms. The molecule has 0 saturated heterocycles. The van der Waals surface area contributed by atoms with Crippen LogP contribution in [0.1, 0.15) is 44.9 Å². The van der Waals surface area contributed by atoms with Crippen LogP contribution in [0.15, 0.2) is 18.5 Å². The second kappa shape index (κ2) is 9.84. The Morgan fingerprint density at radius 3 is 2.35 bits per heavy atom. The van der Waals surface area contributed by atoms with Crippen LogP contribution in [0.4, 0.5) is 0 Å². The van der Waals surface area contributed by atoms with Gasteiger partial charge in [0.25, 0.3) is 0 Å². The average molecular weight is 242 g/mol. The lowest BCUT2D eigenvalue weighted by Crippen LogP contribution is -1.97. The average Bonchev–Trinajstić information content (AvgIpc) is 2.74. The van der Waals surface area contributed by atoms with Crippen molar-refractivity contribution in [3.63, 3.8) is 0 Å². The van der Waals surface area contributed by atoms with E-state index in [4.69, 9.17) is 5.11 Å². The SMILES string of the molecule is O.O=C(O)CCCCCCCCn1cccn1. The molecule has 0 aliphatic heterocycles. The van der Waals surface area contributed by atoms with Gasteiger partial charge in [-0.1, -0.05) is 25.7 Å². The molecule has 1 rings (SSSR count). The molecule has 3 N–H and O–H groups in total. The maximum Gasteiger partial charge on any atom is 0.303 e. The summed E-state index contributed by atoms with van der Waals surface area (Å²) in [7, 11) is 0. The van der Waals surface area contributed by atoms with Gasteiger partial charge in [0.1, 0.15) is 0 Å². The maximum absolute atomic E-state index is 10.3. The van der Waals surface area contributed by atoms with E-state index in [2.05, 4.69) is 5.10 Å². The number of aromatic nitrogens is 2. The van der Waals surface area contributed by atoms with E-state index in [0.717, 1.165) is 32.2 Å². The van der Waals surface area contributed by atoms with Crippen molar-refractivity contribution in [2.24, 2.45) is 0 Å². The van der Waals surface area contributed by atoms with Crippen molar-refractivity contribution in [1.29, 1.82) is 0 Å². The van der Waals surface area contributed by atoms with Gasteiger partial charge in [-0.25, -0.2) is 0 Å². The molecule has 0 spiro atoms. The third-order valence-corrected chi connectivity index (χ3v) is 2.59. The van der Waals surface area contributed by atoms with Crippen molar-refractivity contribution in [2.45, 2.75) is 51.5 Å². The van der Waals surface area contributed by atoms with Crippen molar-refractivity contribution < 1.29 is 15.4 Å². The van der Waals surface area contributed by atoms with Gasteiger partial charge in [-0.15, -0.1) is 0 Å². The number of nitrogens with zero attached hydrogens (tertiary/aromatic N) is 2. The van der Waals surface area contributed by atoms with Gasteiger partial charge >= 0.3 is 5.97 Å². The Morgan fingerprint density at radius 2 is 1.76 bits per heavy atom. The normalized spacial score (nSPS) is 9.88. The van der Waals surface area contributed by atoms with Crippen LogP contribution in [0.2, 0.25) is 0 Å². The van der Waals surface area contributed by atoms with Gasteiger partial charge in [-0.05, 0) is 18.9 Å². The van der Waals surface area contributed by atoms with Crippen LogP contribution in [-0.4, -0.2) is 26.3 Å². The molecule has 98 valence electrons. The van der Waals surface area contributed by atoms with Crippen molar-refractivity contribution in [3.8, 4) is 0 Å². The number of hydrogen-bond donors (Lipinski definition) is 1. The van der Waals surface area contributed by atoms with E-state index >= 15 is 0 Å². The quantitative estimate of drug-likeness (QED) is 0.670. The minimum Gasteiger partial charge on any atom is -0.481 e. The first-order chi connectivity index (χ1) is 7.79. The Bertz CT molecular complexity index is 286. The molecule has 0 aliphatic rings. The molecule has 0 atom stereocenters. The monoisotopic (exact) mass is 242 g/mol. The Labute approximate surface area is 102 Å². The second-order valence-electron chi connectivity index (χ2n) is 4.03. The summed E-state index contributed by atoms with van der Waals surface area (Å²) < 4.78 is 1.95. The highest BCUT2D eigenvalue weighted by Crippen LogP contribution is 2.07. The summed E-state index contributed by atoms with van der Waals surface area (Å²) in [6, 6.07) is 1.94. The molecule has 5 heteroatoms. The van der Waals surface area contributed by atoms with E-state index in [1.54, 1.807) is 6.20 Å². The lowest BCUT2D eigenvalue weighted by atomic mass is 10.1. The first-order valence-corrected chi connectivity index (χ1v) is 5.98. The molecule has 0 fully saturated rings. The minimum atomic E-state index is -0.682. The first kappa shape index (κ1) is 15.6. The Hall–Kier alpha value is -1.36. The number of carbonyl (C=O) groups is 1. The van der Waals surface area contributed by atoms with Gasteiger partial charge in [-0.3, -0.25) is 9.48 Å². The molecule has 1 aromatic rings. The largest absolute Gasteiger partial charge is 0.481 e. The first-order valence-electron chi connectivity index (χ1n) is 5.98. The minimum absolute atomic E-state index is 0. The van der Waals surface area contributed by atoms with Crippen LogP contribution in [0.25, 0.3) is 0 Å². The molecule has 0 saturated carbocycles. The summed E-state index contributed by atoms with van der Waals surface area (Å²) >= 11 is 0. The number of unbranched alkanes of at least 4 members (excludes halogenated alkanes) is 5. The Balaban J connectivity index is 0.00000256. The van der Waals surface area contributed by atoms with Crippen LogP contribution >= 0.6 is 0 Å². The fraction of sp³-hybridized carbons (Fsp3) is 0.667. The Morgan fingerprint density at radius 1 is 1.12 bits per heavy atom. The summed E-state index contributed by atoms with van der Waals surface area (Å²) in [5.41, 5.74) is 0. The molecule has 0 radical (unpaired) electrons. The van der Waals surface area contributed by atoms with Crippen LogP contribution in [0, 0.1) is 0 Å². The lowest BCUT2D eigenvalue weighted by molar-refractivity contribution is -0.137. The number of carboxylic acids is 1. The molecule has 0 amide bonds. The molecule has 17 heavy (non-hydrogen) atoms. The fourth-order valence-electron chi connectivity index (χ4n) is 1.69. The topological polar surface area (TPSA) is 86.6 Å². The zero-order valence-electron chi connectivity index (χ0n) is 10.1. The number of aryl methyl sites for hydroxylation is 1. The standard InChI is InChI=1S/C12H20N2O2.H2O/c15-12(16)8-5-3-1-2-4-6-10-14-11-7-9-13-14;/h7,9,11H,1-6,8,10H2,(H,15,16);1H2. The number of hydrogen-bond acceptors (Lipinski definition) is 2. The summed E-state index contributed by atoms with van der Waals surface area (Å²) in [5, 5.41) is 12.6. The van der Waals surface area contributed by atoms with E-state index < -0.39 is 5.97 Å². The van der Waals surface area contributed by atoms with Crippen molar-refractivity contribution in [2.75, 3.05) is 0 Å². The number of aliphatic carboxylic acids is 1. The predicted molar refractivity (Wildman–Crippen MR) is 65.8 cm³/mol. The highest BCUT2D eigenvalue weighted by molar-refractivity contribution is 5.66. The summed E-state index contributed by atoms with van der Waals surface area (Å²) in [5.74, 6) is -0.682. The smallest absolute Gasteiger partial charge is 0.303 e. The fourth-order valence-corrected chi connectivity index (χ4v) is 1.69. The predicted octanol–water partition coefficient (Wildman–Crippen LogP) is 1.87. The van der Waals surface area contributed by atoms with E-state index in [1.807, 2.05) is 16.9 Å². The van der Waals surface area contributed by atoms with Crippen LogP contribution < -0.4 is 0 Å². The molecule has 5 nitrogen and oxygen atoms in total. The van der Waals surface area contributed by atoms with Gasteiger partial charge in [0.05, 0.1) is 0 Å². The highest BCUT2D eigenvalue weighted by Gasteiger charge is 1.96. The summed E-state index contributed by atoms with van der Waals surface area (Å²) in [4.78, 5) is 10.3. The zero-order valence-corrected chi connectivity index (χ0v) is 10.1. The summed E-state index contributed by atoms with van der Waals surface area (Å²) in [6.07, 6.45) is 10.6. The van der Waals surface area contributed by atoms with Crippen LogP contribution in [0.5, 0.6) is 0 Å². The lowest BCUT2D eigenvalue weighted by Gasteiger charge is -2.01. The Kier molecular flexibility index (Phi) is 9.05. The van der Waals surface area contributed by atoms with Crippen molar-refractivity contribution in [1.82, 2.24) is 9.78 Å². The van der Waals surface area contributed by atoms with E-state index in [9.17, 15) is 4.79 Å². The molecule has 1 heterocycles. The van der Waals surface area contributed by atoms with E-state index in [-0.39, 0.29) is 5.48 Å². The summed E-state index contributed by atoms with van der Waals surface area (Å²) in [6.45, 7) is 0.988. The molecular formula is C12H22N2O3. The van der Waals surface area contributed by atoms with Crippen LogP contribution in [-0.2, 0) is 11.3 Å². The number of carboxylic acid groups (broad SMARTS) is 1. The van der Waals surface area contributed by atoms with Gasteiger partial charge < -0.3 is 10.6 Å². The molecule has 0 aromatic carbocycles. The highest BCUT2D eigenvalue weighted by atomic mass is 16.4. The van der Waals surface area contributed by atoms with Crippen LogP contribution in [0.3, 0.4) is 0 Å². The molecule has 0 aliphatic carbocycles. The zero-order chi connectivity index (χ0) is 11.6. The molecule has 0 unspecified atom stereocenters. The molecular weight excluding hydrogens is 220 g/mol. The van der Waals surface area contributed by atoms with Gasteiger partial charge in [0, 0.05) is 25.4 Å². The van der Waals surface area contributed by atoms with Gasteiger partial charge in [0.15, 0.2) is 0 Å².